The minimum absolute atomic E-state index is 0.154. The van der Waals surface area contributed by atoms with Crippen molar-refractivity contribution in [2.24, 2.45) is 0 Å². The van der Waals surface area contributed by atoms with Crippen LogP contribution in [0.2, 0.25) is 0 Å². The summed E-state index contributed by atoms with van der Waals surface area (Å²) in [4.78, 5) is 16.0. The van der Waals surface area contributed by atoms with Gasteiger partial charge in [-0.15, -0.1) is 0 Å². The van der Waals surface area contributed by atoms with E-state index in [1.807, 2.05) is 0 Å². The number of benzene rings is 1. The molecule has 1 aromatic carbocycles. The van der Waals surface area contributed by atoms with Crippen LogP contribution in [-0.4, -0.2) is 17.4 Å². The molecule has 1 aromatic heterocycles. The van der Waals surface area contributed by atoms with Gasteiger partial charge in [-0.05, 0) is 30.7 Å². The van der Waals surface area contributed by atoms with Crippen LogP contribution >= 0.6 is 0 Å². The summed E-state index contributed by atoms with van der Waals surface area (Å²) in [7, 11) is 0. The third-order valence-corrected chi connectivity index (χ3v) is 2.93. The standard InChI is InChI=1S/C16H18FN3O/c1-2-3-7-19-16(21)12-8-15(11-18-10-12)20-14-6-4-5-13(17)9-14/h4-6,8-11,20H,2-3,7H2,1H3,(H,19,21). The number of pyridine rings is 1. The third-order valence-electron chi connectivity index (χ3n) is 2.93. The van der Waals surface area contributed by atoms with Crippen LogP contribution in [0.25, 0.3) is 0 Å². The highest BCUT2D eigenvalue weighted by molar-refractivity contribution is 5.94. The summed E-state index contributed by atoms with van der Waals surface area (Å²) in [5.41, 5.74) is 1.73. The van der Waals surface area contributed by atoms with Crippen molar-refractivity contribution in [1.82, 2.24) is 10.3 Å². The second kappa shape index (κ2) is 7.38. The maximum Gasteiger partial charge on any atom is 0.252 e. The Morgan fingerprint density at radius 3 is 2.86 bits per heavy atom. The molecule has 1 amide bonds. The lowest BCUT2D eigenvalue weighted by atomic mass is 10.2. The number of hydrogen-bond donors (Lipinski definition) is 2. The van der Waals surface area contributed by atoms with E-state index in [1.54, 1.807) is 24.4 Å². The zero-order valence-electron chi connectivity index (χ0n) is 11.9. The Bertz CT molecular complexity index is 616. The van der Waals surface area contributed by atoms with Crippen molar-refractivity contribution in [3.8, 4) is 0 Å². The van der Waals surface area contributed by atoms with Crippen LogP contribution in [0.3, 0.4) is 0 Å². The zero-order chi connectivity index (χ0) is 15.1. The second-order valence-corrected chi connectivity index (χ2v) is 4.71. The molecule has 2 N–H and O–H groups in total. The second-order valence-electron chi connectivity index (χ2n) is 4.71. The van der Waals surface area contributed by atoms with Crippen molar-refractivity contribution in [3.05, 3.63) is 54.1 Å². The van der Waals surface area contributed by atoms with Gasteiger partial charge in [0.05, 0.1) is 17.4 Å². The van der Waals surface area contributed by atoms with E-state index in [0.717, 1.165) is 12.8 Å². The molecule has 0 unspecified atom stereocenters. The SMILES string of the molecule is CCCCNC(=O)c1cncc(Nc2cccc(F)c2)c1. The van der Waals surface area contributed by atoms with E-state index in [4.69, 9.17) is 0 Å². The summed E-state index contributed by atoms with van der Waals surface area (Å²) in [6, 6.07) is 7.82. The zero-order valence-corrected chi connectivity index (χ0v) is 11.9. The van der Waals surface area contributed by atoms with Gasteiger partial charge in [0.1, 0.15) is 5.82 Å². The van der Waals surface area contributed by atoms with Gasteiger partial charge >= 0.3 is 0 Å². The molecule has 0 fully saturated rings. The number of anilines is 2. The van der Waals surface area contributed by atoms with Crippen LogP contribution in [0, 0.1) is 5.82 Å². The number of carbonyl (C=O) groups excluding carboxylic acids is 1. The molecule has 0 bridgehead atoms. The van der Waals surface area contributed by atoms with Crippen LogP contribution in [0.15, 0.2) is 42.7 Å². The first-order valence-corrected chi connectivity index (χ1v) is 6.95. The van der Waals surface area contributed by atoms with E-state index in [0.29, 0.717) is 23.5 Å². The van der Waals surface area contributed by atoms with E-state index >= 15 is 0 Å². The molecule has 110 valence electrons. The normalized spacial score (nSPS) is 10.2. The fraction of sp³-hybridized carbons (Fsp3) is 0.250. The molecule has 0 aliphatic heterocycles. The van der Waals surface area contributed by atoms with Crippen molar-refractivity contribution in [3.63, 3.8) is 0 Å². The van der Waals surface area contributed by atoms with Crippen LogP contribution < -0.4 is 10.6 Å². The number of carbonyl (C=O) groups is 1. The first kappa shape index (κ1) is 15.0. The summed E-state index contributed by atoms with van der Waals surface area (Å²) in [5.74, 6) is -0.472. The predicted molar refractivity (Wildman–Crippen MR) is 81.2 cm³/mol. The Morgan fingerprint density at radius 1 is 1.24 bits per heavy atom. The third kappa shape index (κ3) is 4.56. The average molecular weight is 287 g/mol. The van der Waals surface area contributed by atoms with E-state index < -0.39 is 0 Å². The van der Waals surface area contributed by atoms with Gasteiger partial charge in [0, 0.05) is 18.4 Å². The number of nitrogens with one attached hydrogen (secondary N) is 2. The van der Waals surface area contributed by atoms with Gasteiger partial charge in [-0.3, -0.25) is 9.78 Å². The number of nitrogens with zero attached hydrogens (tertiary/aromatic N) is 1. The van der Waals surface area contributed by atoms with E-state index in [9.17, 15) is 9.18 Å². The first-order valence-electron chi connectivity index (χ1n) is 6.95. The lowest BCUT2D eigenvalue weighted by Gasteiger charge is -2.08. The van der Waals surface area contributed by atoms with Gasteiger partial charge in [0.15, 0.2) is 0 Å². The summed E-state index contributed by atoms with van der Waals surface area (Å²) in [5, 5.41) is 5.86. The van der Waals surface area contributed by atoms with E-state index in [2.05, 4.69) is 22.5 Å². The number of halogens is 1. The maximum absolute atomic E-state index is 13.1. The quantitative estimate of drug-likeness (QED) is 0.800. The van der Waals surface area contributed by atoms with Gasteiger partial charge in [-0.25, -0.2) is 4.39 Å². The van der Waals surface area contributed by atoms with Crippen molar-refractivity contribution < 1.29 is 9.18 Å². The molecular formula is C16H18FN3O. The molecule has 0 saturated heterocycles. The molecule has 0 saturated carbocycles. The van der Waals surface area contributed by atoms with Crippen LogP contribution in [0.4, 0.5) is 15.8 Å². The van der Waals surface area contributed by atoms with Gasteiger partial charge in [0.25, 0.3) is 5.91 Å². The fourth-order valence-corrected chi connectivity index (χ4v) is 1.85. The molecule has 21 heavy (non-hydrogen) atoms. The summed E-state index contributed by atoms with van der Waals surface area (Å²) in [6.07, 6.45) is 5.08. The highest BCUT2D eigenvalue weighted by Gasteiger charge is 2.06. The summed E-state index contributed by atoms with van der Waals surface area (Å²) in [6.45, 7) is 2.72. The number of hydrogen-bond acceptors (Lipinski definition) is 3. The highest BCUT2D eigenvalue weighted by Crippen LogP contribution is 2.17. The monoisotopic (exact) mass is 287 g/mol. The lowest BCUT2D eigenvalue weighted by molar-refractivity contribution is 0.0953. The molecule has 1 heterocycles. The van der Waals surface area contributed by atoms with Crippen LogP contribution in [0.1, 0.15) is 30.1 Å². The topological polar surface area (TPSA) is 54.0 Å². The molecule has 5 heteroatoms. The minimum Gasteiger partial charge on any atom is -0.354 e. The fourth-order valence-electron chi connectivity index (χ4n) is 1.85. The molecule has 0 aliphatic carbocycles. The van der Waals surface area contributed by atoms with Crippen molar-refractivity contribution in [2.45, 2.75) is 19.8 Å². The Balaban J connectivity index is 2.05. The molecule has 0 atom stereocenters. The largest absolute Gasteiger partial charge is 0.354 e. The predicted octanol–water partition coefficient (Wildman–Crippen LogP) is 3.49. The Hall–Kier alpha value is -2.43. The van der Waals surface area contributed by atoms with Gasteiger partial charge in [0.2, 0.25) is 0 Å². The molecule has 2 aromatic rings. The Labute approximate surface area is 123 Å². The van der Waals surface area contributed by atoms with Crippen molar-refractivity contribution >= 4 is 17.3 Å². The average Bonchev–Trinajstić information content (AvgIpc) is 2.48. The smallest absolute Gasteiger partial charge is 0.252 e. The number of unbranched alkanes of at least 4 members (excludes halogenated alkanes) is 1. The molecule has 0 radical (unpaired) electrons. The molecular weight excluding hydrogens is 269 g/mol. The van der Waals surface area contributed by atoms with Crippen LogP contribution in [0.5, 0.6) is 0 Å². The van der Waals surface area contributed by atoms with Crippen molar-refractivity contribution in [2.75, 3.05) is 11.9 Å². The molecule has 0 aliphatic rings. The van der Waals surface area contributed by atoms with Crippen LogP contribution in [-0.2, 0) is 0 Å². The van der Waals surface area contributed by atoms with E-state index in [1.165, 1.54) is 18.3 Å². The lowest BCUT2D eigenvalue weighted by Crippen LogP contribution is -2.24. The molecule has 4 nitrogen and oxygen atoms in total. The first-order chi connectivity index (χ1) is 10.2. The summed E-state index contributed by atoms with van der Waals surface area (Å²) < 4.78 is 13.1. The number of aromatic nitrogens is 1. The van der Waals surface area contributed by atoms with Gasteiger partial charge < -0.3 is 10.6 Å². The highest BCUT2D eigenvalue weighted by atomic mass is 19.1. The van der Waals surface area contributed by atoms with E-state index in [-0.39, 0.29) is 11.7 Å². The Kier molecular flexibility index (Phi) is 5.26. The summed E-state index contributed by atoms with van der Waals surface area (Å²) >= 11 is 0. The van der Waals surface area contributed by atoms with Crippen molar-refractivity contribution in [1.29, 1.82) is 0 Å². The maximum atomic E-state index is 13.1. The molecule has 0 spiro atoms. The molecule has 2 rings (SSSR count). The minimum atomic E-state index is -0.318. The van der Waals surface area contributed by atoms with Gasteiger partial charge in [-0.2, -0.15) is 0 Å². The Morgan fingerprint density at radius 2 is 2.10 bits per heavy atom. The number of rotatable bonds is 6. The van der Waals surface area contributed by atoms with Gasteiger partial charge in [-0.1, -0.05) is 19.4 Å². The number of amides is 1.